The monoisotopic (exact) mass is 275 g/mol. The fraction of sp³-hybridized carbons (Fsp3) is 0.308. The largest absolute Gasteiger partial charge is 3.00 e. The molecule has 1 N–H and O–H groups in total. The van der Waals surface area contributed by atoms with Crippen molar-refractivity contribution in [1.29, 1.82) is 0 Å². The van der Waals surface area contributed by atoms with Crippen LogP contribution < -0.4 is 5.11 Å². The molecule has 3 nitrogen and oxygen atoms in total. The van der Waals surface area contributed by atoms with Crippen LogP contribution in [0.5, 0.6) is 5.75 Å². The standard InChI is InChI=1S/C7H6O3.2C3H7.Cr/c8-6-4-2-1-3-5(6)7(9)10;2*1-3-2;/h1-4,8H,(H,9,10);2*3H,1-2H3;/q;2*-1;+3/p-1. The molecule has 1 aromatic rings. The molecule has 0 amide bonds. The van der Waals surface area contributed by atoms with Gasteiger partial charge in [0.25, 0.3) is 0 Å². The Balaban J connectivity index is -0.000000240. The second kappa shape index (κ2) is 15.0. The molecule has 17 heavy (non-hydrogen) atoms. The number of carbonyl (C=O) groups is 1. The normalized spacial score (nSPS) is 7.53. The van der Waals surface area contributed by atoms with Gasteiger partial charge in [-0.1, -0.05) is 23.9 Å². The summed E-state index contributed by atoms with van der Waals surface area (Å²) in [6, 6.07) is 5.54. The van der Waals surface area contributed by atoms with E-state index in [0.29, 0.717) is 0 Å². The molecule has 1 aromatic carbocycles. The Hall–Kier alpha value is -0.978. The van der Waals surface area contributed by atoms with Crippen molar-refractivity contribution in [3.8, 4) is 5.75 Å². The van der Waals surface area contributed by atoms with Crippen LogP contribution in [0, 0.1) is 12.8 Å². The number of hydrogen-bond donors (Lipinski definition) is 1. The van der Waals surface area contributed by atoms with Crippen LogP contribution in [0.3, 0.4) is 0 Å². The molecule has 0 bridgehead atoms. The number of carboxylic acid groups (broad SMARTS) is 1. The summed E-state index contributed by atoms with van der Waals surface area (Å²) in [5.41, 5.74) is -0.178. The van der Waals surface area contributed by atoms with Crippen molar-refractivity contribution < 1.29 is 32.4 Å². The zero-order valence-corrected chi connectivity index (χ0v) is 11.9. The van der Waals surface area contributed by atoms with Crippen LogP contribution in [-0.4, -0.2) is 11.1 Å². The van der Waals surface area contributed by atoms with Crippen molar-refractivity contribution in [2.75, 3.05) is 0 Å². The van der Waals surface area contributed by atoms with Gasteiger partial charge in [0.05, 0.1) is 5.56 Å². The molecule has 0 aliphatic rings. The molecule has 0 aliphatic heterocycles. The minimum absolute atomic E-state index is 0. The predicted molar refractivity (Wildman–Crippen MR) is 64.1 cm³/mol. The smallest absolute Gasteiger partial charge is 0.872 e. The maximum Gasteiger partial charge on any atom is 3.00 e. The Morgan fingerprint density at radius 1 is 1.12 bits per heavy atom. The van der Waals surface area contributed by atoms with E-state index in [4.69, 9.17) is 5.11 Å². The van der Waals surface area contributed by atoms with E-state index < -0.39 is 11.7 Å². The van der Waals surface area contributed by atoms with E-state index in [1.165, 1.54) is 24.3 Å². The van der Waals surface area contributed by atoms with Crippen LogP contribution in [0.15, 0.2) is 24.3 Å². The third kappa shape index (κ3) is 13.0. The summed E-state index contributed by atoms with van der Waals surface area (Å²) in [5.74, 6) is -1.62. The van der Waals surface area contributed by atoms with Gasteiger partial charge in [0.15, 0.2) is 0 Å². The molecule has 1 radical (unpaired) electrons. The molecular formula is C13H19CrO3. The van der Waals surface area contributed by atoms with Gasteiger partial charge in [-0.2, -0.15) is 27.7 Å². The van der Waals surface area contributed by atoms with Gasteiger partial charge < -0.3 is 23.1 Å². The summed E-state index contributed by atoms with van der Waals surface area (Å²) in [6.07, 6.45) is 4.00. The van der Waals surface area contributed by atoms with Crippen molar-refractivity contribution in [2.24, 2.45) is 0 Å². The van der Waals surface area contributed by atoms with Crippen LogP contribution in [0.2, 0.25) is 0 Å². The van der Waals surface area contributed by atoms with Gasteiger partial charge in [0.2, 0.25) is 0 Å². The fourth-order valence-electron chi connectivity index (χ4n) is 0.643. The van der Waals surface area contributed by atoms with E-state index in [2.05, 4.69) is 0 Å². The molecule has 4 heteroatoms. The minimum atomic E-state index is -1.18. The number of aromatic carboxylic acids is 1. The molecule has 1 rings (SSSR count). The van der Waals surface area contributed by atoms with Crippen molar-refractivity contribution in [3.63, 3.8) is 0 Å². The van der Waals surface area contributed by atoms with E-state index in [1.54, 1.807) is 0 Å². The molecule has 0 saturated heterocycles. The molecule has 95 valence electrons. The predicted octanol–water partition coefficient (Wildman–Crippen LogP) is 2.92. The SMILES string of the molecule is C[CH-]C.C[CH-]C.O=C(O)c1ccccc1[O-].[Cr+3]. The summed E-state index contributed by atoms with van der Waals surface area (Å²) in [6.45, 7) is 8.00. The number of benzene rings is 1. The molecule has 0 unspecified atom stereocenters. The summed E-state index contributed by atoms with van der Waals surface area (Å²) in [7, 11) is 0. The van der Waals surface area contributed by atoms with Gasteiger partial charge in [0, 0.05) is 0 Å². The average Bonchev–Trinajstić information content (AvgIpc) is 2.20. The Labute approximate surface area is 115 Å². The number of hydrogen-bond acceptors (Lipinski definition) is 2. The van der Waals surface area contributed by atoms with Gasteiger partial charge in [-0.25, -0.2) is 4.79 Å². The summed E-state index contributed by atoms with van der Waals surface area (Å²) < 4.78 is 0. The Morgan fingerprint density at radius 3 is 1.71 bits per heavy atom. The van der Waals surface area contributed by atoms with Gasteiger partial charge in [-0.05, 0) is 6.07 Å². The fourth-order valence-corrected chi connectivity index (χ4v) is 0.643. The Morgan fingerprint density at radius 2 is 1.47 bits per heavy atom. The molecule has 0 aromatic heterocycles. The van der Waals surface area contributed by atoms with E-state index in [0.717, 1.165) is 0 Å². The van der Waals surface area contributed by atoms with Crippen LogP contribution >= 0.6 is 0 Å². The van der Waals surface area contributed by atoms with Gasteiger partial charge in [0.1, 0.15) is 0 Å². The first-order valence-electron chi connectivity index (χ1n) is 5.02. The molecular weight excluding hydrogens is 256 g/mol. The topological polar surface area (TPSA) is 60.4 Å². The first-order chi connectivity index (χ1) is 7.54. The van der Waals surface area contributed by atoms with E-state index in [-0.39, 0.29) is 22.9 Å². The molecule has 0 spiro atoms. The maximum atomic E-state index is 10.7. The zero-order chi connectivity index (χ0) is 13.0. The summed E-state index contributed by atoms with van der Waals surface area (Å²) in [4.78, 5) is 10.2. The quantitative estimate of drug-likeness (QED) is 0.802. The first-order valence-corrected chi connectivity index (χ1v) is 5.02. The molecule has 0 aliphatic carbocycles. The third-order valence-corrected chi connectivity index (χ3v) is 1.12. The van der Waals surface area contributed by atoms with Crippen molar-refractivity contribution in [1.82, 2.24) is 0 Å². The molecule has 0 saturated carbocycles. The van der Waals surface area contributed by atoms with Gasteiger partial charge in [-0.15, -0.1) is 0 Å². The van der Waals surface area contributed by atoms with Crippen molar-refractivity contribution >= 4 is 5.97 Å². The second-order valence-electron chi connectivity index (χ2n) is 2.96. The number of carboxylic acids is 1. The summed E-state index contributed by atoms with van der Waals surface area (Å²) in [5, 5.41) is 19.0. The van der Waals surface area contributed by atoms with Crippen molar-refractivity contribution in [3.05, 3.63) is 42.7 Å². The third-order valence-electron chi connectivity index (χ3n) is 1.12. The average molecular weight is 275 g/mol. The van der Waals surface area contributed by atoms with E-state index in [1.807, 2.05) is 40.5 Å². The molecule has 0 atom stereocenters. The van der Waals surface area contributed by atoms with Gasteiger partial charge in [-0.3, -0.25) is 0 Å². The number of para-hydroxylation sites is 1. The van der Waals surface area contributed by atoms with E-state index in [9.17, 15) is 9.90 Å². The van der Waals surface area contributed by atoms with Crippen LogP contribution in [-0.2, 0) is 17.4 Å². The van der Waals surface area contributed by atoms with E-state index >= 15 is 0 Å². The second-order valence-corrected chi connectivity index (χ2v) is 2.96. The zero-order valence-electron chi connectivity index (χ0n) is 10.6. The maximum absolute atomic E-state index is 10.7. The molecule has 0 heterocycles. The van der Waals surface area contributed by atoms with Crippen LogP contribution in [0.1, 0.15) is 38.1 Å². The van der Waals surface area contributed by atoms with Crippen LogP contribution in [0.25, 0.3) is 0 Å². The Bertz CT molecular complexity index is 286. The minimum Gasteiger partial charge on any atom is -0.872 e. The molecule has 0 fully saturated rings. The van der Waals surface area contributed by atoms with Crippen LogP contribution in [0.4, 0.5) is 0 Å². The summed E-state index contributed by atoms with van der Waals surface area (Å²) >= 11 is 0. The van der Waals surface area contributed by atoms with Gasteiger partial charge >= 0.3 is 23.3 Å². The Kier molecular flexibility index (Phi) is 18.8. The van der Waals surface area contributed by atoms with Crippen molar-refractivity contribution in [2.45, 2.75) is 27.7 Å². The number of rotatable bonds is 1. The first kappa shape index (κ1) is 21.3.